The lowest BCUT2D eigenvalue weighted by molar-refractivity contribution is -0.139. The smallest absolute Gasteiger partial charge is 0.251 e. The Kier molecular flexibility index (Phi) is 3.49. The van der Waals surface area contributed by atoms with E-state index in [9.17, 15) is 9.90 Å². The van der Waals surface area contributed by atoms with Gasteiger partial charge in [0.05, 0.1) is 0 Å². The topological polar surface area (TPSA) is 65.1 Å². The first-order valence-electron chi connectivity index (χ1n) is 7.25. The van der Waals surface area contributed by atoms with Gasteiger partial charge in [-0.2, -0.15) is 0 Å². The van der Waals surface area contributed by atoms with Crippen LogP contribution in [0.5, 0.6) is 0 Å². The molecule has 1 aliphatic carbocycles. The summed E-state index contributed by atoms with van der Waals surface area (Å²) in [5.74, 6) is -0.213. The molecule has 1 aromatic heterocycles. The fourth-order valence-electron chi connectivity index (χ4n) is 3.00. The number of carbonyl (C=O) groups is 1. The highest BCUT2D eigenvalue weighted by Gasteiger charge is 2.38. The third-order valence-electron chi connectivity index (χ3n) is 4.21. The highest BCUT2D eigenvalue weighted by molar-refractivity contribution is 5.85. The Morgan fingerprint density at radius 2 is 2.05 bits per heavy atom. The summed E-state index contributed by atoms with van der Waals surface area (Å²) >= 11 is 0. The second kappa shape index (κ2) is 5.29. The van der Waals surface area contributed by atoms with Crippen molar-refractivity contribution in [2.75, 3.05) is 6.54 Å². The number of para-hydroxylation sites is 1. The van der Waals surface area contributed by atoms with Crippen LogP contribution < -0.4 is 5.32 Å². The predicted octanol–water partition coefficient (Wildman–Crippen LogP) is 2.13. The standard InChI is InChI=1S/C16H20N2O2/c19-15(16(20)8-3-4-9-16)17-10-7-12-11-18-14-6-2-1-5-13(12)14/h1-2,5-6,11,18,20H,3-4,7-10H2,(H,17,19). The first-order valence-corrected chi connectivity index (χ1v) is 7.25. The highest BCUT2D eigenvalue weighted by atomic mass is 16.3. The van der Waals surface area contributed by atoms with Crippen molar-refractivity contribution in [1.29, 1.82) is 0 Å². The van der Waals surface area contributed by atoms with Crippen LogP contribution in [0.15, 0.2) is 30.5 Å². The molecule has 2 aromatic rings. The molecule has 0 spiro atoms. The number of benzene rings is 1. The third kappa shape index (κ3) is 2.43. The number of aromatic amines is 1. The Morgan fingerprint density at radius 1 is 1.30 bits per heavy atom. The van der Waals surface area contributed by atoms with Crippen LogP contribution in [-0.4, -0.2) is 28.1 Å². The van der Waals surface area contributed by atoms with E-state index in [1.54, 1.807) is 0 Å². The van der Waals surface area contributed by atoms with Gasteiger partial charge in [-0.05, 0) is 43.7 Å². The van der Waals surface area contributed by atoms with E-state index in [-0.39, 0.29) is 5.91 Å². The van der Waals surface area contributed by atoms with Crippen molar-refractivity contribution in [2.45, 2.75) is 37.7 Å². The van der Waals surface area contributed by atoms with Crippen molar-refractivity contribution in [2.24, 2.45) is 0 Å². The van der Waals surface area contributed by atoms with Crippen LogP contribution in [0.3, 0.4) is 0 Å². The van der Waals surface area contributed by atoms with Crippen LogP contribution in [0.2, 0.25) is 0 Å². The lowest BCUT2D eigenvalue weighted by Crippen LogP contribution is -2.45. The zero-order chi connectivity index (χ0) is 14.0. The number of nitrogens with one attached hydrogen (secondary N) is 2. The summed E-state index contributed by atoms with van der Waals surface area (Å²) in [5, 5.41) is 14.2. The molecule has 1 heterocycles. The second-order valence-electron chi connectivity index (χ2n) is 5.60. The first-order chi connectivity index (χ1) is 9.69. The molecular formula is C16H20N2O2. The minimum Gasteiger partial charge on any atom is -0.380 e. The molecule has 4 heteroatoms. The van der Waals surface area contributed by atoms with Crippen LogP contribution in [0.1, 0.15) is 31.2 Å². The Hall–Kier alpha value is -1.81. The molecular weight excluding hydrogens is 252 g/mol. The van der Waals surface area contributed by atoms with Gasteiger partial charge in [0.15, 0.2) is 0 Å². The molecule has 1 fully saturated rings. The molecule has 0 saturated heterocycles. The van der Waals surface area contributed by atoms with Crippen LogP contribution in [0.4, 0.5) is 0 Å². The third-order valence-corrected chi connectivity index (χ3v) is 4.21. The number of rotatable bonds is 4. The quantitative estimate of drug-likeness (QED) is 0.798. The Bertz CT molecular complexity index is 612. The molecule has 0 bridgehead atoms. The van der Waals surface area contributed by atoms with E-state index in [0.717, 1.165) is 24.8 Å². The number of fused-ring (bicyclic) bond motifs is 1. The maximum atomic E-state index is 12.0. The number of aromatic nitrogens is 1. The van der Waals surface area contributed by atoms with Crippen LogP contribution in [-0.2, 0) is 11.2 Å². The molecule has 106 valence electrons. The van der Waals surface area contributed by atoms with Gasteiger partial charge in [0.2, 0.25) is 0 Å². The molecule has 20 heavy (non-hydrogen) atoms. The van der Waals surface area contributed by atoms with Gasteiger partial charge >= 0.3 is 0 Å². The maximum absolute atomic E-state index is 12.0. The fourth-order valence-corrected chi connectivity index (χ4v) is 3.00. The summed E-state index contributed by atoms with van der Waals surface area (Å²) in [4.78, 5) is 15.2. The van der Waals surface area contributed by atoms with Crippen molar-refractivity contribution in [3.8, 4) is 0 Å². The van der Waals surface area contributed by atoms with Gasteiger partial charge in [-0.25, -0.2) is 0 Å². The van der Waals surface area contributed by atoms with Gasteiger partial charge in [0, 0.05) is 23.6 Å². The second-order valence-corrected chi connectivity index (χ2v) is 5.60. The van der Waals surface area contributed by atoms with E-state index in [2.05, 4.69) is 16.4 Å². The summed E-state index contributed by atoms with van der Waals surface area (Å²) in [6.45, 7) is 0.559. The van der Waals surface area contributed by atoms with E-state index in [4.69, 9.17) is 0 Å². The molecule has 3 rings (SSSR count). The minimum atomic E-state index is -1.12. The Morgan fingerprint density at radius 3 is 2.85 bits per heavy atom. The normalized spacial score (nSPS) is 17.4. The molecule has 1 aromatic carbocycles. The summed E-state index contributed by atoms with van der Waals surface area (Å²) in [6.07, 6.45) is 5.81. The summed E-state index contributed by atoms with van der Waals surface area (Å²) in [7, 11) is 0. The van der Waals surface area contributed by atoms with Gasteiger partial charge in [-0.1, -0.05) is 18.2 Å². The fraction of sp³-hybridized carbons (Fsp3) is 0.438. The minimum absolute atomic E-state index is 0.213. The average Bonchev–Trinajstić information content (AvgIpc) is 3.07. The summed E-state index contributed by atoms with van der Waals surface area (Å²) in [6, 6.07) is 8.13. The van der Waals surface area contributed by atoms with Gasteiger partial charge in [0.25, 0.3) is 5.91 Å². The summed E-state index contributed by atoms with van der Waals surface area (Å²) < 4.78 is 0. The van der Waals surface area contributed by atoms with Crippen LogP contribution in [0.25, 0.3) is 10.9 Å². The lowest BCUT2D eigenvalue weighted by Gasteiger charge is -2.20. The molecule has 0 aliphatic heterocycles. The first kappa shape index (κ1) is 13.2. The van der Waals surface area contributed by atoms with Gasteiger partial charge in [0.1, 0.15) is 5.60 Å². The molecule has 1 aliphatic rings. The van der Waals surface area contributed by atoms with Crippen molar-refractivity contribution in [3.63, 3.8) is 0 Å². The number of aliphatic hydroxyl groups is 1. The lowest BCUT2D eigenvalue weighted by atomic mass is 10.0. The Labute approximate surface area is 118 Å². The van der Waals surface area contributed by atoms with E-state index in [0.29, 0.717) is 19.4 Å². The molecule has 1 saturated carbocycles. The molecule has 4 nitrogen and oxygen atoms in total. The van der Waals surface area contributed by atoms with Crippen molar-refractivity contribution in [1.82, 2.24) is 10.3 Å². The maximum Gasteiger partial charge on any atom is 0.251 e. The Balaban J connectivity index is 1.59. The van der Waals surface area contributed by atoms with Gasteiger partial charge < -0.3 is 15.4 Å². The molecule has 3 N–H and O–H groups in total. The number of carbonyl (C=O) groups excluding carboxylic acids is 1. The number of hydrogen-bond donors (Lipinski definition) is 3. The molecule has 0 atom stereocenters. The number of hydrogen-bond acceptors (Lipinski definition) is 2. The van der Waals surface area contributed by atoms with Crippen molar-refractivity contribution >= 4 is 16.8 Å². The SMILES string of the molecule is O=C(NCCc1c[nH]c2ccccc12)C1(O)CCCC1. The van der Waals surface area contributed by atoms with Crippen molar-refractivity contribution in [3.05, 3.63) is 36.0 Å². The number of amides is 1. The van der Waals surface area contributed by atoms with E-state index in [1.165, 1.54) is 10.9 Å². The zero-order valence-corrected chi connectivity index (χ0v) is 11.5. The highest BCUT2D eigenvalue weighted by Crippen LogP contribution is 2.29. The van der Waals surface area contributed by atoms with E-state index < -0.39 is 5.60 Å². The monoisotopic (exact) mass is 272 g/mol. The van der Waals surface area contributed by atoms with E-state index >= 15 is 0 Å². The van der Waals surface area contributed by atoms with Crippen LogP contribution >= 0.6 is 0 Å². The van der Waals surface area contributed by atoms with Crippen LogP contribution in [0, 0.1) is 0 Å². The van der Waals surface area contributed by atoms with Gasteiger partial charge in [-0.15, -0.1) is 0 Å². The number of H-pyrrole nitrogens is 1. The van der Waals surface area contributed by atoms with Gasteiger partial charge in [-0.3, -0.25) is 4.79 Å². The molecule has 0 radical (unpaired) electrons. The van der Waals surface area contributed by atoms with E-state index in [1.807, 2.05) is 24.4 Å². The summed E-state index contributed by atoms with van der Waals surface area (Å²) in [5.41, 5.74) is 1.18. The zero-order valence-electron chi connectivity index (χ0n) is 11.5. The van der Waals surface area contributed by atoms with Crippen molar-refractivity contribution < 1.29 is 9.90 Å². The predicted molar refractivity (Wildman–Crippen MR) is 78.4 cm³/mol. The molecule has 1 amide bonds. The molecule has 0 unspecified atom stereocenters. The average molecular weight is 272 g/mol. The largest absolute Gasteiger partial charge is 0.380 e.